The molecular weight excluding hydrogens is 320 g/mol. The molecule has 2 aromatic rings. The van der Waals surface area contributed by atoms with Crippen molar-refractivity contribution in [3.63, 3.8) is 0 Å². The van der Waals surface area contributed by atoms with Crippen LogP contribution in [0.2, 0.25) is 0 Å². The summed E-state index contributed by atoms with van der Waals surface area (Å²) in [5, 5.41) is 8.34. The first-order chi connectivity index (χ1) is 12.0. The smallest absolute Gasteiger partial charge is 0.253 e. The van der Waals surface area contributed by atoms with Crippen LogP contribution in [-0.4, -0.2) is 36.5 Å². The van der Waals surface area contributed by atoms with Crippen LogP contribution in [0.5, 0.6) is 5.75 Å². The van der Waals surface area contributed by atoms with Crippen LogP contribution in [0.3, 0.4) is 0 Å². The lowest BCUT2D eigenvalue weighted by Gasteiger charge is -2.18. The number of hydrogen-bond acceptors (Lipinski definition) is 5. The number of rotatable bonds is 5. The van der Waals surface area contributed by atoms with Crippen molar-refractivity contribution in [2.75, 3.05) is 30.3 Å². The van der Waals surface area contributed by atoms with Crippen molar-refractivity contribution in [2.24, 2.45) is 0 Å². The lowest BCUT2D eigenvalue weighted by molar-refractivity contribution is -0.114. The van der Waals surface area contributed by atoms with E-state index in [0.29, 0.717) is 30.2 Å². The lowest BCUT2D eigenvalue weighted by atomic mass is 10.1. The maximum absolute atomic E-state index is 12.2. The van der Waals surface area contributed by atoms with Gasteiger partial charge in [-0.1, -0.05) is 6.07 Å². The van der Waals surface area contributed by atoms with Crippen molar-refractivity contribution in [1.29, 1.82) is 0 Å². The van der Waals surface area contributed by atoms with Gasteiger partial charge in [0.25, 0.3) is 5.91 Å². The lowest BCUT2D eigenvalue weighted by Crippen LogP contribution is -2.30. The van der Waals surface area contributed by atoms with E-state index in [9.17, 15) is 9.59 Å². The molecule has 0 unspecified atom stereocenters. The fraction of sp³-hybridized carbons (Fsp3) is 0.278. The molecule has 2 amide bonds. The number of fused-ring (bicyclic) bond motifs is 1. The van der Waals surface area contributed by atoms with Gasteiger partial charge in [-0.05, 0) is 43.2 Å². The summed E-state index contributed by atoms with van der Waals surface area (Å²) in [5.74, 6) is 0.920. The minimum Gasteiger partial charge on any atom is -0.492 e. The van der Waals surface area contributed by atoms with Gasteiger partial charge in [0.05, 0.1) is 24.3 Å². The van der Waals surface area contributed by atoms with Crippen LogP contribution in [0.25, 0.3) is 0 Å². The second-order valence-electron chi connectivity index (χ2n) is 5.87. The Balaban J connectivity index is 1.52. The zero-order valence-corrected chi connectivity index (χ0v) is 14.2. The summed E-state index contributed by atoms with van der Waals surface area (Å²) in [6.45, 7) is 4.99. The van der Waals surface area contributed by atoms with Crippen LogP contribution >= 0.6 is 0 Å². The van der Waals surface area contributed by atoms with Crippen molar-refractivity contribution in [1.82, 2.24) is 10.3 Å². The van der Waals surface area contributed by atoms with Gasteiger partial charge in [-0.3, -0.25) is 9.59 Å². The Morgan fingerprint density at radius 3 is 2.92 bits per heavy atom. The molecule has 7 nitrogen and oxygen atoms in total. The number of aromatic nitrogens is 1. The number of aryl methyl sites for hydroxylation is 2. The normalized spacial score (nSPS) is 12.6. The third kappa shape index (κ3) is 4.06. The molecule has 0 aliphatic carbocycles. The van der Waals surface area contributed by atoms with Crippen LogP contribution in [0.15, 0.2) is 30.5 Å². The summed E-state index contributed by atoms with van der Waals surface area (Å²) >= 11 is 0. The molecule has 2 heterocycles. The minimum atomic E-state index is -0.265. The highest BCUT2D eigenvalue weighted by molar-refractivity contribution is 6.02. The van der Waals surface area contributed by atoms with Crippen LogP contribution in [0.1, 0.15) is 21.5 Å². The SMILES string of the molecule is Cc1ccc(OCCNC(=O)c2cnc3c(c2)NC(=O)CN3)cc1C. The minimum absolute atomic E-state index is 0.159. The zero-order valence-electron chi connectivity index (χ0n) is 14.2. The first-order valence-electron chi connectivity index (χ1n) is 8.05. The highest BCUT2D eigenvalue weighted by Gasteiger charge is 2.17. The molecule has 0 spiro atoms. The van der Waals surface area contributed by atoms with Crippen molar-refractivity contribution in [3.05, 3.63) is 47.2 Å². The van der Waals surface area contributed by atoms with E-state index in [1.54, 1.807) is 6.07 Å². The standard InChI is InChI=1S/C18H20N4O3/c1-11-3-4-14(7-12(11)2)25-6-5-19-18(24)13-8-15-17(20-9-13)21-10-16(23)22-15/h3-4,7-9H,5-6,10H2,1-2H3,(H,19,24)(H,20,21)(H,22,23). The number of hydrogen-bond donors (Lipinski definition) is 3. The van der Waals surface area contributed by atoms with Crippen molar-refractivity contribution >= 4 is 23.3 Å². The van der Waals surface area contributed by atoms with E-state index in [2.05, 4.69) is 20.9 Å². The Hall–Kier alpha value is -3.09. The van der Waals surface area contributed by atoms with E-state index in [4.69, 9.17) is 4.74 Å². The number of anilines is 2. The Morgan fingerprint density at radius 2 is 2.12 bits per heavy atom. The average molecular weight is 340 g/mol. The average Bonchev–Trinajstić information content (AvgIpc) is 2.60. The fourth-order valence-electron chi connectivity index (χ4n) is 2.42. The van der Waals surface area contributed by atoms with Crippen LogP contribution < -0.4 is 20.7 Å². The van der Waals surface area contributed by atoms with Gasteiger partial charge in [0.15, 0.2) is 0 Å². The van der Waals surface area contributed by atoms with E-state index >= 15 is 0 Å². The van der Waals surface area contributed by atoms with Gasteiger partial charge in [-0.2, -0.15) is 0 Å². The van der Waals surface area contributed by atoms with Crippen molar-refractivity contribution < 1.29 is 14.3 Å². The molecule has 25 heavy (non-hydrogen) atoms. The second-order valence-corrected chi connectivity index (χ2v) is 5.87. The van der Waals surface area contributed by atoms with Crippen molar-refractivity contribution in [2.45, 2.75) is 13.8 Å². The van der Waals surface area contributed by atoms with Gasteiger partial charge in [-0.15, -0.1) is 0 Å². The number of pyridine rings is 1. The van der Waals surface area contributed by atoms with E-state index < -0.39 is 0 Å². The maximum atomic E-state index is 12.2. The third-order valence-corrected chi connectivity index (χ3v) is 3.98. The molecule has 0 radical (unpaired) electrons. The molecule has 3 rings (SSSR count). The maximum Gasteiger partial charge on any atom is 0.253 e. The van der Waals surface area contributed by atoms with Gasteiger partial charge < -0.3 is 20.7 Å². The van der Waals surface area contributed by atoms with E-state index in [1.807, 2.05) is 32.0 Å². The molecular formula is C18H20N4O3. The second kappa shape index (κ2) is 7.21. The van der Waals surface area contributed by atoms with E-state index in [0.717, 1.165) is 11.3 Å². The number of carbonyl (C=O) groups excluding carboxylic acids is 2. The summed E-state index contributed by atoms with van der Waals surface area (Å²) in [5.41, 5.74) is 3.27. The van der Waals surface area contributed by atoms with Gasteiger partial charge in [-0.25, -0.2) is 4.98 Å². The number of ether oxygens (including phenoxy) is 1. The summed E-state index contributed by atoms with van der Waals surface area (Å²) in [6, 6.07) is 7.49. The Bertz CT molecular complexity index is 820. The molecule has 7 heteroatoms. The van der Waals surface area contributed by atoms with Gasteiger partial charge in [0, 0.05) is 6.20 Å². The van der Waals surface area contributed by atoms with Crippen LogP contribution in [-0.2, 0) is 4.79 Å². The molecule has 0 saturated heterocycles. The molecule has 1 aliphatic rings. The number of nitrogens with one attached hydrogen (secondary N) is 3. The number of carbonyl (C=O) groups is 2. The number of benzene rings is 1. The van der Waals surface area contributed by atoms with Gasteiger partial charge >= 0.3 is 0 Å². The molecule has 0 atom stereocenters. The van der Waals surface area contributed by atoms with Crippen LogP contribution in [0, 0.1) is 13.8 Å². The fourth-order valence-corrected chi connectivity index (χ4v) is 2.42. The first kappa shape index (κ1) is 16.8. The number of nitrogens with zero attached hydrogens (tertiary/aromatic N) is 1. The third-order valence-electron chi connectivity index (χ3n) is 3.98. The Labute approximate surface area is 145 Å². The largest absolute Gasteiger partial charge is 0.492 e. The first-order valence-corrected chi connectivity index (χ1v) is 8.05. The van der Waals surface area contributed by atoms with E-state index in [1.165, 1.54) is 11.8 Å². The van der Waals surface area contributed by atoms with Gasteiger partial charge in [0.2, 0.25) is 5.91 Å². The van der Waals surface area contributed by atoms with Crippen molar-refractivity contribution in [3.8, 4) is 5.75 Å². The summed E-state index contributed by atoms with van der Waals surface area (Å²) in [7, 11) is 0. The Kier molecular flexibility index (Phi) is 4.83. The molecule has 3 N–H and O–H groups in total. The van der Waals surface area contributed by atoms with E-state index in [-0.39, 0.29) is 18.4 Å². The number of amides is 2. The molecule has 1 aromatic carbocycles. The predicted molar refractivity (Wildman–Crippen MR) is 95.1 cm³/mol. The molecule has 0 bridgehead atoms. The zero-order chi connectivity index (χ0) is 17.8. The highest BCUT2D eigenvalue weighted by Crippen LogP contribution is 2.22. The molecule has 0 fully saturated rings. The summed E-state index contributed by atoms with van der Waals surface area (Å²) < 4.78 is 5.64. The molecule has 1 aliphatic heterocycles. The Morgan fingerprint density at radius 1 is 1.28 bits per heavy atom. The summed E-state index contributed by atoms with van der Waals surface area (Å²) in [4.78, 5) is 27.7. The monoisotopic (exact) mass is 340 g/mol. The summed E-state index contributed by atoms with van der Waals surface area (Å²) in [6.07, 6.45) is 1.48. The molecule has 1 aromatic heterocycles. The quantitative estimate of drug-likeness (QED) is 0.723. The van der Waals surface area contributed by atoms with Gasteiger partial charge in [0.1, 0.15) is 18.2 Å². The highest BCUT2D eigenvalue weighted by atomic mass is 16.5. The topological polar surface area (TPSA) is 92.3 Å². The predicted octanol–water partition coefficient (Wildman–Crippen LogP) is 1.87. The van der Waals surface area contributed by atoms with Crippen LogP contribution in [0.4, 0.5) is 11.5 Å². The molecule has 130 valence electrons. The molecule has 0 saturated carbocycles.